The van der Waals surface area contributed by atoms with Crippen molar-refractivity contribution in [2.75, 3.05) is 13.1 Å². The Bertz CT molecular complexity index is 746. The lowest BCUT2D eigenvalue weighted by Crippen LogP contribution is -2.48. The SMILES string of the molecule is CCc1nc2c(C)cc(Br)cn2c1C(=O)N1CC(C)OC(C)C1. The van der Waals surface area contributed by atoms with Crippen LogP contribution in [0.15, 0.2) is 16.7 Å². The van der Waals surface area contributed by atoms with E-state index in [4.69, 9.17) is 4.74 Å². The van der Waals surface area contributed by atoms with Crippen molar-refractivity contribution in [3.8, 4) is 0 Å². The number of imidazole rings is 1. The molecule has 0 N–H and O–H groups in total. The standard InChI is InChI=1S/C17H22BrN3O2/c1-5-14-15(17(22)20-7-11(3)23-12(4)8-20)21-9-13(18)6-10(2)16(21)19-14/h6,9,11-12H,5,7-8H2,1-4H3. The maximum Gasteiger partial charge on any atom is 0.272 e. The molecule has 2 atom stereocenters. The summed E-state index contributed by atoms with van der Waals surface area (Å²) in [5.74, 6) is 0.0360. The molecule has 1 aliphatic heterocycles. The quantitative estimate of drug-likeness (QED) is 0.804. The highest BCUT2D eigenvalue weighted by Crippen LogP contribution is 2.23. The molecule has 3 rings (SSSR count). The zero-order valence-corrected chi connectivity index (χ0v) is 15.6. The summed E-state index contributed by atoms with van der Waals surface area (Å²) in [7, 11) is 0. The fraction of sp³-hybridized carbons (Fsp3) is 0.529. The normalized spacial score (nSPS) is 21.9. The van der Waals surface area contributed by atoms with E-state index in [1.54, 1.807) is 0 Å². The minimum absolute atomic E-state index is 0.0360. The van der Waals surface area contributed by atoms with Gasteiger partial charge in [0, 0.05) is 23.8 Å². The van der Waals surface area contributed by atoms with Crippen LogP contribution in [0, 0.1) is 6.92 Å². The number of carbonyl (C=O) groups excluding carboxylic acids is 1. The van der Waals surface area contributed by atoms with Gasteiger partial charge in [-0.25, -0.2) is 4.98 Å². The molecule has 0 bridgehead atoms. The number of aryl methyl sites for hydroxylation is 2. The van der Waals surface area contributed by atoms with Gasteiger partial charge in [-0.15, -0.1) is 0 Å². The molecule has 2 unspecified atom stereocenters. The number of hydrogen-bond acceptors (Lipinski definition) is 3. The van der Waals surface area contributed by atoms with Crippen molar-refractivity contribution >= 4 is 27.5 Å². The summed E-state index contributed by atoms with van der Waals surface area (Å²) in [6.07, 6.45) is 2.77. The third-order valence-electron chi connectivity index (χ3n) is 4.19. The van der Waals surface area contributed by atoms with Gasteiger partial charge in [0.2, 0.25) is 0 Å². The number of pyridine rings is 1. The number of fused-ring (bicyclic) bond motifs is 1. The van der Waals surface area contributed by atoms with Crippen molar-refractivity contribution in [3.63, 3.8) is 0 Å². The number of amides is 1. The summed E-state index contributed by atoms with van der Waals surface area (Å²) < 4.78 is 8.61. The lowest BCUT2D eigenvalue weighted by atomic mass is 10.2. The van der Waals surface area contributed by atoms with Crippen LogP contribution in [0.2, 0.25) is 0 Å². The lowest BCUT2D eigenvalue weighted by molar-refractivity contribution is -0.0587. The van der Waals surface area contributed by atoms with Crippen LogP contribution in [0.25, 0.3) is 5.65 Å². The van der Waals surface area contributed by atoms with Crippen LogP contribution < -0.4 is 0 Å². The van der Waals surface area contributed by atoms with Crippen LogP contribution in [0.1, 0.15) is 42.5 Å². The van der Waals surface area contributed by atoms with Crippen LogP contribution in [-0.2, 0) is 11.2 Å². The number of rotatable bonds is 2. The molecule has 2 aromatic rings. The maximum absolute atomic E-state index is 13.2. The van der Waals surface area contributed by atoms with Crippen molar-refractivity contribution in [3.05, 3.63) is 33.7 Å². The van der Waals surface area contributed by atoms with Gasteiger partial charge in [-0.1, -0.05) is 6.92 Å². The first-order chi connectivity index (χ1) is 10.9. The van der Waals surface area contributed by atoms with E-state index in [1.165, 1.54) is 0 Å². The summed E-state index contributed by atoms with van der Waals surface area (Å²) in [4.78, 5) is 19.7. The second-order valence-electron chi connectivity index (χ2n) is 6.26. The molecule has 0 saturated carbocycles. The van der Waals surface area contributed by atoms with Crippen LogP contribution in [0.5, 0.6) is 0 Å². The molecule has 1 aliphatic rings. The van der Waals surface area contributed by atoms with Gasteiger partial charge in [0.05, 0.1) is 17.9 Å². The van der Waals surface area contributed by atoms with Gasteiger partial charge in [-0.05, 0) is 54.8 Å². The maximum atomic E-state index is 13.2. The minimum atomic E-state index is 0.0360. The van der Waals surface area contributed by atoms with E-state index in [1.807, 2.05) is 49.3 Å². The largest absolute Gasteiger partial charge is 0.372 e. The molecule has 5 nitrogen and oxygen atoms in total. The third kappa shape index (κ3) is 3.02. The first-order valence-corrected chi connectivity index (χ1v) is 8.81. The number of nitrogens with zero attached hydrogens (tertiary/aromatic N) is 3. The van der Waals surface area contributed by atoms with Crippen LogP contribution in [-0.4, -0.2) is 45.5 Å². The topological polar surface area (TPSA) is 46.8 Å². The molecule has 0 aromatic carbocycles. The van der Waals surface area contributed by atoms with Gasteiger partial charge < -0.3 is 9.64 Å². The highest BCUT2D eigenvalue weighted by molar-refractivity contribution is 9.10. The first-order valence-electron chi connectivity index (χ1n) is 8.02. The van der Waals surface area contributed by atoms with Gasteiger partial charge in [-0.3, -0.25) is 9.20 Å². The van der Waals surface area contributed by atoms with Gasteiger partial charge in [0.1, 0.15) is 11.3 Å². The third-order valence-corrected chi connectivity index (χ3v) is 4.62. The number of hydrogen-bond donors (Lipinski definition) is 0. The van der Waals surface area contributed by atoms with E-state index in [0.29, 0.717) is 18.8 Å². The van der Waals surface area contributed by atoms with Crippen molar-refractivity contribution in [2.45, 2.75) is 46.3 Å². The molecule has 124 valence electrons. The Morgan fingerprint density at radius 2 is 2.04 bits per heavy atom. The summed E-state index contributed by atoms with van der Waals surface area (Å²) in [5, 5.41) is 0. The Balaban J connectivity index is 2.09. The zero-order valence-electron chi connectivity index (χ0n) is 14.0. The fourth-order valence-electron chi connectivity index (χ4n) is 3.28. The molecule has 23 heavy (non-hydrogen) atoms. The Kier molecular flexibility index (Phi) is 4.47. The fourth-order valence-corrected chi connectivity index (χ4v) is 3.83. The smallest absolute Gasteiger partial charge is 0.272 e. The zero-order chi connectivity index (χ0) is 16.7. The molecule has 1 amide bonds. The van der Waals surface area contributed by atoms with Crippen molar-refractivity contribution in [2.24, 2.45) is 0 Å². The Labute approximate surface area is 144 Å². The highest BCUT2D eigenvalue weighted by Gasteiger charge is 2.30. The van der Waals surface area contributed by atoms with Crippen molar-refractivity contribution < 1.29 is 9.53 Å². The molecular weight excluding hydrogens is 358 g/mol. The Morgan fingerprint density at radius 3 is 2.65 bits per heavy atom. The molecule has 6 heteroatoms. The second kappa shape index (κ2) is 6.24. The Morgan fingerprint density at radius 1 is 1.39 bits per heavy atom. The highest BCUT2D eigenvalue weighted by atomic mass is 79.9. The van der Waals surface area contributed by atoms with E-state index in [-0.39, 0.29) is 18.1 Å². The summed E-state index contributed by atoms with van der Waals surface area (Å²) >= 11 is 3.52. The van der Waals surface area contributed by atoms with Crippen LogP contribution in [0.3, 0.4) is 0 Å². The number of carbonyl (C=O) groups is 1. The number of aromatic nitrogens is 2. The monoisotopic (exact) mass is 379 g/mol. The van der Waals surface area contributed by atoms with Crippen molar-refractivity contribution in [1.82, 2.24) is 14.3 Å². The van der Waals surface area contributed by atoms with Gasteiger partial charge >= 0.3 is 0 Å². The average Bonchev–Trinajstić information content (AvgIpc) is 2.84. The summed E-state index contributed by atoms with van der Waals surface area (Å²) in [5.41, 5.74) is 3.43. The van der Waals surface area contributed by atoms with E-state index >= 15 is 0 Å². The molecule has 1 fully saturated rings. The van der Waals surface area contributed by atoms with Crippen LogP contribution >= 0.6 is 15.9 Å². The molecule has 1 saturated heterocycles. The van der Waals surface area contributed by atoms with Gasteiger partial charge in [0.15, 0.2) is 0 Å². The summed E-state index contributed by atoms with van der Waals surface area (Å²) in [6.45, 7) is 9.30. The summed E-state index contributed by atoms with van der Waals surface area (Å²) in [6, 6.07) is 2.02. The van der Waals surface area contributed by atoms with Gasteiger partial charge in [-0.2, -0.15) is 0 Å². The van der Waals surface area contributed by atoms with Crippen molar-refractivity contribution in [1.29, 1.82) is 0 Å². The average molecular weight is 380 g/mol. The number of ether oxygens (including phenoxy) is 1. The van der Waals surface area contributed by atoms with E-state index < -0.39 is 0 Å². The lowest BCUT2D eigenvalue weighted by Gasteiger charge is -2.35. The number of halogens is 1. The van der Waals surface area contributed by atoms with Gasteiger partial charge in [0.25, 0.3) is 5.91 Å². The first kappa shape index (κ1) is 16.5. The number of morpholine rings is 1. The molecule has 0 radical (unpaired) electrons. The molecule has 3 heterocycles. The predicted molar refractivity (Wildman–Crippen MR) is 92.9 cm³/mol. The molecule has 0 spiro atoms. The minimum Gasteiger partial charge on any atom is -0.372 e. The van der Waals surface area contributed by atoms with E-state index in [2.05, 4.69) is 20.9 Å². The molecular formula is C17H22BrN3O2. The Hall–Kier alpha value is -1.40. The van der Waals surface area contributed by atoms with Crippen LogP contribution in [0.4, 0.5) is 0 Å². The second-order valence-corrected chi connectivity index (χ2v) is 7.18. The molecule has 0 aliphatic carbocycles. The predicted octanol–water partition coefficient (Wildman–Crippen LogP) is 3.22. The molecule has 2 aromatic heterocycles. The van der Waals surface area contributed by atoms with E-state index in [0.717, 1.165) is 27.8 Å². The van der Waals surface area contributed by atoms with E-state index in [9.17, 15) is 4.79 Å².